The number of hydrogen-bond donors (Lipinski definition) is 3. The molecule has 3 aromatic rings. The Kier molecular flexibility index (Phi) is 6.16. The van der Waals surface area contributed by atoms with Gasteiger partial charge in [0, 0.05) is 11.3 Å². The van der Waals surface area contributed by atoms with Crippen molar-refractivity contribution in [3.05, 3.63) is 65.6 Å². The molecule has 1 heterocycles. The van der Waals surface area contributed by atoms with Crippen LogP contribution in [0.1, 0.15) is 37.2 Å². The number of ether oxygens (including phenoxy) is 1. The Morgan fingerprint density at radius 2 is 1.97 bits per heavy atom. The number of carbonyl (C=O) groups is 1. The van der Waals surface area contributed by atoms with Gasteiger partial charge in [0.25, 0.3) is 0 Å². The van der Waals surface area contributed by atoms with E-state index in [-0.39, 0.29) is 6.42 Å². The van der Waals surface area contributed by atoms with E-state index in [4.69, 9.17) is 10.00 Å². The summed E-state index contributed by atoms with van der Waals surface area (Å²) in [5.41, 5.74) is 1.04. The van der Waals surface area contributed by atoms with E-state index < -0.39 is 11.5 Å². The smallest absolute Gasteiger partial charge is 0.334 e. The minimum Gasteiger partial charge on any atom is -0.494 e. The van der Waals surface area contributed by atoms with Gasteiger partial charge < -0.3 is 20.4 Å². The first-order valence-corrected chi connectivity index (χ1v) is 9.88. The van der Waals surface area contributed by atoms with Crippen LogP contribution in [-0.2, 0) is 10.3 Å². The fraction of sp³-hybridized carbons (Fsp3) is 0.261. The van der Waals surface area contributed by atoms with Gasteiger partial charge in [-0.2, -0.15) is 9.99 Å². The normalized spacial score (nSPS) is 12.6. The first-order chi connectivity index (χ1) is 14.8. The quantitative estimate of drug-likeness (QED) is 0.468. The molecular formula is C23H24N4O4. The summed E-state index contributed by atoms with van der Waals surface area (Å²) in [5.74, 6) is -0.170. The number of nitrogens with zero attached hydrogens (tertiary/aromatic N) is 3. The number of imidazole rings is 1. The summed E-state index contributed by atoms with van der Waals surface area (Å²) in [6.45, 7) is 5.68. The Bertz CT molecular complexity index is 1130. The molecule has 1 aromatic heterocycles. The molecular weight excluding hydrogens is 396 g/mol. The summed E-state index contributed by atoms with van der Waals surface area (Å²) in [6, 6.07) is 13.8. The molecule has 3 rings (SSSR count). The van der Waals surface area contributed by atoms with Gasteiger partial charge in [-0.05, 0) is 68.3 Å². The highest BCUT2D eigenvalue weighted by Crippen LogP contribution is 2.36. The molecule has 0 fully saturated rings. The maximum Gasteiger partial charge on any atom is 0.334 e. The first kappa shape index (κ1) is 21.7. The third-order valence-corrected chi connectivity index (χ3v) is 5.18. The molecule has 31 heavy (non-hydrogen) atoms. The zero-order valence-corrected chi connectivity index (χ0v) is 17.6. The largest absolute Gasteiger partial charge is 0.494 e. The average molecular weight is 420 g/mol. The van der Waals surface area contributed by atoms with E-state index in [1.165, 1.54) is 6.20 Å². The second-order valence-electron chi connectivity index (χ2n) is 7.06. The van der Waals surface area contributed by atoms with Crippen LogP contribution in [0.4, 0.5) is 5.69 Å². The van der Waals surface area contributed by atoms with Crippen molar-refractivity contribution in [2.45, 2.75) is 32.7 Å². The zero-order chi connectivity index (χ0) is 22.6. The van der Waals surface area contributed by atoms with Crippen molar-refractivity contribution in [1.82, 2.24) is 9.71 Å². The molecule has 0 spiro atoms. The summed E-state index contributed by atoms with van der Waals surface area (Å²) in [4.78, 5) is 16.7. The molecule has 0 saturated heterocycles. The van der Waals surface area contributed by atoms with E-state index in [2.05, 4.69) is 10.3 Å². The molecule has 1 unspecified atom stereocenters. The van der Waals surface area contributed by atoms with Crippen molar-refractivity contribution >= 4 is 11.7 Å². The molecule has 8 nitrogen and oxygen atoms in total. The fourth-order valence-electron chi connectivity index (χ4n) is 3.45. The number of nitriles is 1. The topological polar surface area (TPSA) is 120 Å². The SMILES string of the molecule is CCOc1cc(-c2cnc(C)n2O)cc(C(CC)(Nc2ccc(C#N)cc2)C(=O)O)c1. The molecule has 0 amide bonds. The number of nitrogens with one attached hydrogen (secondary N) is 1. The second-order valence-corrected chi connectivity index (χ2v) is 7.06. The van der Waals surface area contributed by atoms with Crippen LogP contribution in [0, 0.1) is 18.3 Å². The average Bonchev–Trinajstić information content (AvgIpc) is 3.10. The van der Waals surface area contributed by atoms with Gasteiger partial charge in [-0.25, -0.2) is 9.78 Å². The lowest BCUT2D eigenvalue weighted by Gasteiger charge is -2.32. The molecule has 1 atom stereocenters. The van der Waals surface area contributed by atoms with Crippen LogP contribution in [0.15, 0.2) is 48.7 Å². The lowest BCUT2D eigenvalue weighted by atomic mass is 9.85. The minimum absolute atomic E-state index is 0.231. The van der Waals surface area contributed by atoms with Crippen molar-refractivity contribution in [2.24, 2.45) is 0 Å². The highest BCUT2D eigenvalue weighted by Gasteiger charge is 2.39. The predicted molar refractivity (Wildman–Crippen MR) is 115 cm³/mol. The maximum absolute atomic E-state index is 12.5. The molecule has 3 N–H and O–H groups in total. The number of hydrogen-bond acceptors (Lipinski definition) is 6. The van der Waals surface area contributed by atoms with Crippen molar-refractivity contribution in [3.8, 4) is 23.1 Å². The number of rotatable bonds is 8. The molecule has 0 aliphatic rings. The van der Waals surface area contributed by atoms with E-state index in [1.54, 1.807) is 56.3 Å². The third kappa shape index (κ3) is 4.16. The number of carboxylic acid groups (broad SMARTS) is 1. The van der Waals surface area contributed by atoms with Gasteiger partial charge in [-0.3, -0.25) is 0 Å². The zero-order valence-electron chi connectivity index (χ0n) is 17.6. The first-order valence-electron chi connectivity index (χ1n) is 9.88. The summed E-state index contributed by atoms with van der Waals surface area (Å²) < 4.78 is 6.64. The van der Waals surface area contributed by atoms with Gasteiger partial charge in [0.2, 0.25) is 0 Å². The molecule has 0 radical (unpaired) electrons. The van der Waals surface area contributed by atoms with E-state index in [1.807, 2.05) is 13.0 Å². The van der Waals surface area contributed by atoms with Crippen molar-refractivity contribution in [1.29, 1.82) is 5.26 Å². The fourth-order valence-corrected chi connectivity index (χ4v) is 3.45. The number of aryl methyl sites for hydroxylation is 1. The number of benzene rings is 2. The van der Waals surface area contributed by atoms with Crippen LogP contribution >= 0.6 is 0 Å². The second kappa shape index (κ2) is 8.79. The summed E-state index contributed by atoms with van der Waals surface area (Å²) in [5, 5.41) is 32.7. The monoisotopic (exact) mass is 420 g/mol. The van der Waals surface area contributed by atoms with Crippen LogP contribution in [0.3, 0.4) is 0 Å². The van der Waals surface area contributed by atoms with Gasteiger partial charge in [-0.1, -0.05) is 6.92 Å². The Balaban J connectivity index is 2.16. The van der Waals surface area contributed by atoms with Gasteiger partial charge in [0.05, 0.1) is 24.4 Å². The Labute approximate surface area is 180 Å². The predicted octanol–water partition coefficient (Wildman–Crippen LogP) is 4.17. The summed E-state index contributed by atoms with van der Waals surface area (Å²) in [7, 11) is 0. The van der Waals surface area contributed by atoms with Crippen LogP contribution in [0.2, 0.25) is 0 Å². The van der Waals surface area contributed by atoms with Gasteiger partial charge in [0.1, 0.15) is 17.3 Å². The Hall–Kier alpha value is -3.99. The highest BCUT2D eigenvalue weighted by molar-refractivity contribution is 5.85. The van der Waals surface area contributed by atoms with E-state index >= 15 is 0 Å². The number of carboxylic acids is 1. The lowest BCUT2D eigenvalue weighted by molar-refractivity contribution is -0.142. The van der Waals surface area contributed by atoms with Crippen molar-refractivity contribution in [2.75, 3.05) is 11.9 Å². The van der Waals surface area contributed by atoms with Crippen LogP contribution < -0.4 is 10.1 Å². The van der Waals surface area contributed by atoms with E-state index in [0.717, 1.165) is 4.73 Å². The van der Waals surface area contributed by atoms with Gasteiger partial charge in [0.15, 0.2) is 5.54 Å². The highest BCUT2D eigenvalue weighted by atomic mass is 16.5. The minimum atomic E-state index is -1.47. The van der Waals surface area contributed by atoms with Gasteiger partial charge in [-0.15, -0.1) is 0 Å². The Morgan fingerprint density at radius 3 is 2.48 bits per heavy atom. The lowest BCUT2D eigenvalue weighted by Crippen LogP contribution is -2.43. The number of aromatic nitrogens is 2. The van der Waals surface area contributed by atoms with Crippen molar-refractivity contribution < 1.29 is 19.8 Å². The number of anilines is 1. The van der Waals surface area contributed by atoms with Crippen LogP contribution in [0.25, 0.3) is 11.3 Å². The molecule has 0 saturated carbocycles. The molecule has 160 valence electrons. The molecule has 0 bridgehead atoms. The standard InChI is InChI=1S/C23H24N4O4/c1-4-23(22(28)29,26-19-8-6-16(13-24)7-9-19)18-10-17(11-20(12-18)31-5-2)21-14-25-15(3)27(21)30/h6-12,14,26,30H,4-5H2,1-3H3,(H,28,29). The van der Waals surface area contributed by atoms with Crippen molar-refractivity contribution in [3.63, 3.8) is 0 Å². The molecule has 0 aliphatic carbocycles. The molecule has 8 heteroatoms. The van der Waals surface area contributed by atoms with Crippen LogP contribution in [-0.4, -0.2) is 32.6 Å². The number of aliphatic carboxylic acids is 1. The van der Waals surface area contributed by atoms with Gasteiger partial charge >= 0.3 is 5.97 Å². The third-order valence-electron chi connectivity index (χ3n) is 5.18. The molecule has 0 aliphatic heterocycles. The Morgan fingerprint density at radius 1 is 1.26 bits per heavy atom. The van der Waals surface area contributed by atoms with E-state index in [0.29, 0.717) is 46.3 Å². The maximum atomic E-state index is 12.5. The van der Waals surface area contributed by atoms with Crippen LogP contribution in [0.5, 0.6) is 5.75 Å². The summed E-state index contributed by atoms with van der Waals surface area (Å²) in [6.07, 6.45) is 1.75. The van der Waals surface area contributed by atoms with E-state index in [9.17, 15) is 15.1 Å². The molecule has 2 aromatic carbocycles. The summed E-state index contributed by atoms with van der Waals surface area (Å²) >= 11 is 0.